The number of thiocarbonyl (C=S) groups is 1. The standard InChI is InChI=1S/C12H15N3OS/c1-3-15-11(13-14-12(15)17)8-16-10-7-5-4-6-9(10)2/h4-7,11H,3,8H2,1-2H3. The molecule has 0 radical (unpaired) electrons. The fourth-order valence-corrected chi connectivity index (χ4v) is 2.01. The van der Waals surface area contributed by atoms with Gasteiger partial charge in [-0.15, -0.1) is 5.11 Å². The molecule has 0 fully saturated rings. The van der Waals surface area contributed by atoms with Crippen molar-refractivity contribution in [2.24, 2.45) is 10.2 Å². The van der Waals surface area contributed by atoms with Crippen LogP contribution in [0.3, 0.4) is 0 Å². The van der Waals surface area contributed by atoms with Crippen LogP contribution in [-0.2, 0) is 0 Å². The number of likely N-dealkylation sites (N-methyl/N-ethyl adjacent to an activating group) is 1. The highest BCUT2D eigenvalue weighted by molar-refractivity contribution is 7.80. The number of rotatable bonds is 4. The molecule has 5 heteroatoms. The fraction of sp³-hybridized carbons (Fsp3) is 0.417. The zero-order valence-corrected chi connectivity index (χ0v) is 10.8. The van der Waals surface area contributed by atoms with Gasteiger partial charge < -0.3 is 9.64 Å². The van der Waals surface area contributed by atoms with Crippen molar-refractivity contribution in [2.75, 3.05) is 13.2 Å². The minimum absolute atomic E-state index is 0.0906. The molecule has 0 spiro atoms. The van der Waals surface area contributed by atoms with E-state index in [0.29, 0.717) is 11.7 Å². The van der Waals surface area contributed by atoms with Gasteiger partial charge in [0, 0.05) is 6.54 Å². The van der Waals surface area contributed by atoms with Crippen LogP contribution in [0.15, 0.2) is 34.5 Å². The maximum atomic E-state index is 5.75. The zero-order chi connectivity index (χ0) is 12.3. The van der Waals surface area contributed by atoms with Gasteiger partial charge in [0.2, 0.25) is 5.11 Å². The Hall–Kier alpha value is -1.49. The predicted molar refractivity (Wildman–Crippen MR) is 70.3 cm³/mol. The topological polar surface area (TPSA) is 37.2 Å². The van der Waals surface area contributed by atoms with Gasteiger partial charge in [-0.25, -0.2) is 0 Å². The molecule has 4 nitrogen and oxygen atoms in total. The van der Waals surface area contributed by atoms with E-state index >= 15 is 0 Å². The molecule has 90 valence electrons. The van der Waals surface area contributed by atoms with Crippen molar-refractivity contribution in [1.82, 2.24) is 4.90 Å². The Kier molecular flexibility index (Phi) is 3.68. The molecule has 1 unspecified atom stereocenters. The molecular weight excluding hydrogens is 234 g/mol. The normalized spacial score (nSPS) is 18.8. The summed E-state index contributed by atoms with van der Waals surface area (Å²) < 4.78 is 5.75. The average Bonchev–Trinajstić information content (AvgIpc) is 2.69. The third kappa shape index (κ3) is 2.61. The van der Waals surface area contributed by atoms with Gasteiger partial charge in [0.1, 0.15) is 12.4 Å². The van der Waals surface area contributed by atoms with Crippen molar-refractivity contribution in [3.8, 4) is 5.75 Å². The zero-order valence-electron chi connectivity index (χ0n) is 9.96. The van der Waals surface area contributed by atoms with Gasteiger partial charge >= 0.3 is 0 Å². The van der Waals surface area contributed by atoms with Gasteiger partial charge in [-0.1, -0.05) is 18.2 Å². The summed E-state index contributed by atoms with van der Waals surface area (Å²) in [5, 5.41) is 8.55. The second kappa shape index (κ2) is 5.23. The number of nitrogens with zero attached hydrogens (tertiary/aromatic N) is 3. The van der Waals surface area contributed by atoms with Crippen LogP contribution >= 0.6 is 12.2 Å². The van der Waals surface area contributed by atoms with E-state index in [-0.39, 0.29) is 6.17 Å². The lowest BCUT2D eigenvalue weighted by Crippen LogP contribution is -2.36. The minimum atomic E-state index is -0.0906. The largest absolute Gasteiger partial charge is 0.489 e. The summed E-state index contributed by atoms with van der Waals surface area (Å²) >= 11 is 5.08. The maximum Gasteiger partial charge on any atom is 0.217 e. The first-order chi connectivity index (χ1) is 8.22. The number of ether oxygens (including phenoxy) is 1. The van der Waals surface area contributed by atoms with E-state index in [1.54, 1.807) is 0 Å². The Bertz CT molecular complexity index is 447. The fourth-order valence-electron chi connectivity index (χ4n) is 1.72. The van der Waals surface area contributed by atoms with Crippen LogP contribution in [0, 0.1) is 6.92 Å². The van der Waals surface area contributed by atoms with Crippen molar-refractivity contribution in [2.45, 2.75) is 20.0 Å². The molecule has 0 bridgehead atoms. The number of para-hydroxylation sites is 1. The van der Waals surface area contributed by atoms with Crippen molar-refractivity contribution in [1.29, 1.82) is 0 Å². The highest BCUT2D eigenvalue weighted by Crippen LogP contribution is 2.19. The van der Waals surface area contributed by atoms with E-state index in [4.69, 9.17) is 17.0 Å². The van der Waals surface area contributed by atoms with E-state index in [2.05, 4.69) is 10.2 Å². The Morgan fingerprint density at radius 2 is 2.18 bits per heavy atom. The molecule has 0 aromatic heterocycles. The molecule has 1 aliphatic heterocycles. The molecular formula is C12H15N3OS. The van der Waals surface area contributed by atoms with Gasteiger partial charge in [0.15, 0.2) is 6.17 Å². The summed E-state index contributed by atoms with van der Waals surface area (Å²) in [7, 11) is 0. The highest BCUT2D eigenvalue weighted by Gasteiger charge is 2.25. The van der Waals surface area contributed by atoms with Crippen molar-refractivity contribution < 1.29 is 4.74 Å². The number of aryl methyl sites for hydroxylation is 1. The van der Waals surface area contributed by atoms with Crippen LogP contribution in [0.25, 0.3) is 0 Å². The third-order valence-electron chi connectivity index (χ3n) is 2.70. The van der Waals surface area contributed by atoms with Crippen molar-refractivity contribution in [3.63, 3.8) is 0 Å². The Labute approximate surface area is 106 Å². The number of hydrogen-bond donors (Lipinski definition) is 0. The van der Waals surface area contributed by atoms with Crippen LogP contribution < -0.4 is 4.74 Å². The summed E-state index contributed by atoms with van der Waals surface area (Å²) in [5.41, 5.74) is 1.12. The predicted octanol–water partition coefficient (Wildman–Crippen LogP) is 2.77. The molecule has 1 aromatic carbocycles. The molecule has 17 heavy (non-hydrogen) atoms. The maximum absolute atomic E-state index is 5.75. The lowest BCUT2D eigenvalue weighted by molar-refractivity contribution is 0.214. The van der Waals surface area contributed by atoms with Gasteiger partial charge in [-0.2, -0.15) is 5.11 Å². The number of hydrogen-bond acceptors (Lipinski definition) is 3. The molecule has 0 saturated carbocycles. The van der Waals surface area contributed by atoms with Crippen LogP contribution in [0.4, 0.5) is 0 Å². The monoisotopic (exact) mass is 249 g/mol. The van der Waals surface area contributed by atoms with E-state index in [0.717, 1.165) is 17.9 Å². The second-order valence-electron chi connectivity index (χ2n) is 3.84. The van der Waals surface area contributed by atoms with Gasteiger partial charge in [0.25, 0.3) is 0 Å². The molecule has 0 aliphatic carbocycles. The Morgan fingerprint density at radius 3 is 2.88 bits per heavy atom. The van der Waals surface area contributed by atoms with E-state index in [9.17, 15) is 0 Å². The lowest BCUT2D eigenvalue weighted by Gasteiger charge is -2.21. The summed E-state index contributed by atoms with van der Waals surface area (Å²) in [6, 6.07) is 7.93. The van der Waals surface area contributed by atoms with Crippen LogP contribution in [-0.4, -0.2) is 29.3 Å². The summed E-state index contributed by atoms with van der Waals surface area (Å²) in [5.74, 6) is 0.886. The highest BCUT2D eigenvalue weighted by atomic mass is 32.1. The minimum Gasteiger partial charge on any atom is -0.489 e. The Balaban J connectivity index is 1.97. The van der Waals surface area contributed by atoms with E-state index in [1.807, 2.05) is 43.0 Å². The van der Waals surface area contributed by atoms with Gasteiger partial charge in [-0.3, -0.25) is 0 Å². The first kappa shape index (κ1) is 12.0. The molecule has 1 aromatic rings. The van der Waals surface area contributed by atoms with Gasteiger partial charge in [-0.05, 0) is 37.7 Å². The Morgan fingerprint density at radius 1 is 1.41 bits per heavy atom. The number of azo groups is 1. The second-order valence-corrected chi connectivity index (χ2v) is 4.21. The molecule has 0 N–H and O–H groups in total. The smallest absolute Gasteiger partial charge is 0.217 e. The van der Waals surface area contributed by atoms with Crippen molar-refractivity contribution >= 4 is 17.3 Å². The summed E-state index contributed by atoms with van der Waals surface area (Å²) in [6.45, 7) is 5.33. The molecule has 0 amide bonds. The molecule has 1 heterocycles. The lowest BCUT2D eigenvalue weighted by atomic mass is 10.2. The molecule has 0 saturated heterocycles. The first-order valence-electron chi connectivity index (χ1n) is 5.62. The SMILES string of the molecule is CCN1C(=S)N=NC1COc1ccccc1C. The quantitative estimate of drug-likeness (QED) is 0.770. The molecule has 1 aliphatic rings. The first-order valence-corrected chi connectivity index (χ1v) is 6.03. The third-order valence-corrected chi connectivity index (χ3v) is 3.02. The van der Waals surface area contributed by atoms with Crippen LogP contribution in [0.2, 0.25) is 0 Å². The number of benzene rings is 1. The van der Waals surface area contributed by atoms with Crippen LogP contribution in [0.1, 0.15) is 12.5 Å². The molecule has 1 atom stereocenters. The van der Waals surface area contributed by atoms with E-state index in [1.165, 1.54) is 0 Å². The summed E-state index contributed by atoms with van der Waals surface area (Å²) in [6.07, 6.45) is -0.0906. The molecule has 2 rings (SSSR count). The van der Waals surface area contributed by atoms with Crippen LogP contribution in [0.5, 0.6) is 5.75 Å². The van der Waals surface area contributed by atoms with Crippen molar-refractivity contribution in [3.05, 3.63) is 29.8 Å². The summed E-state index contributed by atoms with van der Waals surface area (Å²) in [4.78, 5) is 1.95. The van der Waals surface area contributed by atoms with Gasteiger partial charge in [0.05, 0.1) is 0 Å². The average molecular weight is 249 g/mol. The van der Waals surface area contributed by atoms with E-state index < -0.39 is 0 Å².